The Morgan fingerprint density at radius 2 is 1.95 bits per heavy atom. The molecule has 4 aliphatic carbocycles. The molecule has 3 saturated carbocycles. The maximum Gasteiger partial charge on any atom is 0.143 e. The van der Waals surface area contributed by atoms with Crippen molar-refractivity contribution in [1.82, 2.24) is 0 Å². The Hall–Kier alpha value is -0.850. The van der Waals surface area contributed by atoms with E-state index in [-0.39, 0.29) is 5.41 Å². The molecule has 3 fully saturated rings. The third-order valence-electron chi connectivity index (χ3n) is 8.22. The van der Waals surface area contributed by atoms with Crippen LogP contribution in [0.1, 0.15) is 65.2 Å². The van der Waals surface area contributed by atoms with E-state index in [2.05, 4.69) is 26.0 Å². The Balaban J connectivity index is 1.66. The second-order valence-electron chi connectivity index (χ2n) is 8.90. The molecule has 0 heterocycles. The summed E-state index contributed by atoms with van der Waals surface area (Å²) in [5.41, 5.74) is 2.13. The van der Waals surface area contributed by atoms with Crippen molar-refractivity contribution in [1.29, 1.82) is 0 Å². The van der Waals surface area contributed by atoms with Crippen LogP contribution in [0.2, 0.25) is 0 Å². The number of aldehydes is 1. The van der Waals surface area contributed by atoms with Crippen LogP contribution in [0.4, 0.5) is 0 Å². The summed E-state index contributed by atoms with van der Waals surface area (Å²) in [5, 5.41) is 0. The molecule has 120 valence electrons. The van der Waals surface area contributed by atoms with Gasteiger partial charge in [-0.3, -0.25) is 4.79 Å². The SMILES string of the molecule is C[C@]12CCCCC1CC[C@@H]1[C@@H]2CC[C@]2(C)C(=CC=O)C=C[C@@H]12. The summed E-state index contributed by atoms with van der Waals surface area (Å²) in [5.74, 6) is 3.44. The molecule has 0 bridgehead atoms. The minimum absolute atomic E-state index is 0.236. The van der Waals surface area contributed by atoms with Crippen LogP contribution in [0.3, 0.4) is 0 Å². The van der Waals surface area contributed by atoms with Crippen molar-refractivity contribution in [2.24, 2.45) is 34.5 Å². The molecule has 0 aromatic carbocycles. The van der Waals surface area contributed by atoms with Gasteiger partial charge in [-0.1, -0.05) is 38.8 Å². The average molecular weight is 298 g/mol. The van der Waals surface area contributed by atoms with E-state index < -0.39 is 0 Å². The van der Waals surface area contributed by atoms with Crippen LogP contribution >= 0.6 is 0 Å². The summed E-state index contributed by atoms with van der Waals surface area (Å²) in [4.78, 5) is 11.0. The van der Waals surface area contributed by atoms with E-state index >= 15 is 0 Å². The fourth-order valence-electron chi connectivity index (χ4n) is 6.95. The van der Waals surface area contributed by atoms with Crippen LogP contribution in [-0.2, 0) is 4.79 Å². The zero-order chi connectivity index (χ0) is 15.4. The molecular weight excluding hydrogens is 268 g/mol. The molecule has 1 nitrogen and oxygen atoms in total. The van der Waals surface area contributed by atoms with Gasteiger partial charge in [0.2, 0.25) is 0 Å². The molecule has 0 saturated heterocycles. The van der Waals surface area contributed by atoms with E-state index in [0.717, 1.165) is 24.0 Å². The number of fused-ring (bicyclic) bond motifs is 5. The highest BCUT2D eigenvalue weighted by Crippen LogP contribution is 2.65. The molecule has 0 amide bonds. The predicted molar refractivity (Wildman–Crippen MR) is 90.4 cm³/mol. The molecular formula is C21H30O. The van der Waals surface area contributed by atoms with Gasteiger partial charge in [0.05, 0.1) is 0 Å². The summed E-state index contributed by atoms with van der Waals surface area (Å²) in [6.07, 6.45) is 18.9. The number of carbonyl (C=O) groups excluding carboxylic acids is 1. The molecule has 0 radical (unpaired) electrons. The molecule has 22 heavy (non-hydrogen) atoms. The molecule has 0 spiro atoms. The van der Waals surface area contributed by atoms with Crippen LogP contribution in [0, 0.1) is 34.5 Å². The average Bonchev–Trinajstić information content (AvgIpc) is 2.84. The van der Waals surface area contributed by atoms with Crippen molar-refractivity contribution >= 4 is 6.29 Å². The van der Waals surface area contributed by atoms with E-state index in [0.29, 0.717) is 11.3 Å². The van der Waals surface area contributed by atoms with Crippen molar-refractivity contribution in [3.05, 3.63) is 23.8 Å². The normalized spacial score (nSPS) is 52.0. The lowest BCUT2D eigenvalue weighted by atomic mass is 9.45. The van der Waals surface area contributed by atoms with E-state index in [1.54, 1.807) is 0 Å². The predicted octanol–water partition coefficient (Wildman–Crippen LogP) is 5.32. The molecule has 4 aliphatic rings. The fraction of sp³-hybridized carbons (Fsp3) is 0.762. The zero-order valence-electron chi connectivity index (χ0n) is 14.2. The summed E-state index contributed by atoms with van der Waals surface area (Å²) in [6.45, 7) is 5.04. The largest absolute Gasteiger partial charge is 0.299 e. The lowest BCUT2D eigenvalue weighted by Gasteiger charge is -2.60. The number of hydrogen-bond acceptors (Lipinski definition) is 1. The summed E-state index contributed by atoms with van der Waals surface area (Å²) < 4.78 is 0. The van der Waals surface area contributed by atoms with Gasteiger partial charge < -0.3 is 0 Å². The minimum atomic E-state index is 0.236. The first-order chi connectivity index (χ1) is 10.6. The van der Waals surface area contributed by atoms with E-state index in [9.17, 15) is 4.79 Å². The first kappa shape index (κ1) is 14.7. The van der Waals surface area contributed by atoms with Gasteiger partial charge >= 0.3 is 0 Å². The molecule has 1 unspecified atom stereocenters. The van der Waals surface area contributed by atoms with Crippen LogP contribution in [0.25, 0.3) is 0 Å². The topological polar surface area (TPSA) is 17.1 Å². The molecule has 0 aromatic rings. The van der Waals surface area contributed by atoms with Crippen molar-refractivity contribution < 1.29 is 4.79 Å². The van der Waals surface area contributed by atoms with Gasteiger partial charge in [0.25, 0.3) is 0 Å². The van der Waals surface area contributed by atoms with Gasteiger partial charge in [-0.15, -0.1) is 0 Å². The Morgan fingerprint density at radius 1 is 1.09 bits per heavy atom. The first-order valence-corrected chi connectivity index (χ1v) is 9.44. The Labute approximate surface area is 135 Å². The molecule has 0 aromatic heterocycles. The zero-order valence-corrected chi connectivity index (χ0v) is 14.2. The Morgan fingerprint density at radius 3 is 2.77 bits per heavy atom. The third-order valence-corrected chi connectivity index (χ3v) is 8.22. The van der Waals surface area contributed by atoms with Gasteiger partial charge in [-0.2, -0.15) is 0 Å². The molecule has 1 heteroatoms. The summed E-state index contributed by atoms with van der Waals surface area (Å²) in [7, 11) is 0. The van der Waals surface area contributed by atoms with E-state index in [4.69, 9.17) is 0 Å². The maximum absolute atomic E-state index is 11.0. The highest BCUT2D eigenvalue weighted by molar-refractivity contribution is 5.68. The van der Waals surface area contributed by atoms with Crippen molar-refractivity contribution in [3.63, 3.8) is 0 Å². The monoisotopic (exact) mass is 298 g/mol. The number of allylic oxidation sites excluding steroid dienone is 4. The number of hydrogen-bond donors (Lipinski definition) is 0. The van der Waals surface area contributed by atoms with Gasteiger partial charge in [0, 0.05) is 0 Å². The second kappa shape index (κ2) is 5.08. The number of carbonyl (C=O) groups is 1. The minimum Gasteiger partial charge on any atom is -0.299 e. The lowest BCUT2D eigenvalue weighted by molar-refractivity contribution is -0.104. The maximum atomic E-state index is 11.0. The molecule has 6 atom stereocenters. The molecule has 0 aliphatic heterocycles. The first-order valence-electron chi connectivity index (χ1n) is 9.44. The molecule has 0 N–H and O–H groups in total. The van der Waals surface area contributed by atoms with Crippen molar-refractivity contribution in [2.45, 2.75) is 65.2 Å². The third kappa shape index (κ3) is 1.87. The number of rotatable bonds is 1. The van der Waals surface area contributed by atoms with Crippen LogP contribution < -0.4 is 0 Å². The van der Waals surface area contributed by atoms with E-state index in [1.807, 2.05) is 6.08 Å². The molecule has 4 rings (SSSR count). The lowest BCUT2D eigenvalue weighted by Crippen LogP contribution is -2.52. The summed E-state index contributed by atoms with van der Waals surface area (Å²) >= 11 is 0. The Bertz CT molecular complexity index is 530. The summed E-state index contributed by atoms with van der Waals surface area (Å²) in [6, 6.07) is 0. The van der Waals surface area contributed by atoms with Crippen LogP contribution in [-0.4, -0.2) is 6.29 Å². The van der Waals surface area contributed by atoms with Gasteiger partial charge in [0.1, 0.15) is 6.29 Å². The van der Waals surface area contributed by atoms with Gasteiger partial charge in [0.15, 0.2) is 0 Å². The highest BCUT2D eigenvalue weighted by Gasteiger charge is 2.57. The van der Waals surface area contributed by atoms with Gasteiger partial charge in [-0.25, -0.2) is 0 Å². The Kier molecular flexibility index (Phi) is 3.40. The smallest absolute Gasteiger partial charge is 0.143 e. The highest BCUT2D eigenvalue weighted by atomic mass is 16.1. The van der Waals surface area contributed by atoms with Crippen molar-refractivity contribution in [3.8, 4) is 0 Å². The van der Waals surface area contributed by atoms with Crippen molar-refractivity contribution in [2.75, 3.05) is 0 Å². The fourth-order valence-corrected chi connectivity index (χ4v) is 6.95. The standard InChI is InChI=1S/C21H30O/c1-20-12-4-3-5-15(20)6-8-17-18-9-7-16(11-14-22)21(18,2)13-10-19(17)20/h7,9,11,14-15,17-19H,3-6,8,10,12-13H2,1-2H3/t15?,17-,18-,19-,20-,21+/m0/s1. The second-order valence-corrected chi connectivity index (χ2v) is 8.90. The quantitative estimate of drug-likeness (QED) is 0.473. The van der Waals surface area contributed by atoms with Crippen LogP contribution in [0.15, 0.2) is 23.8 Å². The van der Waals surface area contributed by atoms with Crippen LogP contribution in [0.5, 0.6) is 0 Å². The van der Waals surface area contributed by atoms with E-state index in [1.165, 1.54) is 56.9 Å². The van der Waals surface area contributed by atoms with Gasteiger partial charge in [-0.05, 0) is 84.7 Å².